The molecule has 2 aromatic rings. The van der Waals surface area contributed by atoms with Crippen LogP contribution in [-0.2, 0) is 22.6 Å². The lowest BCUT2D eigenvalue weighted by atomic mass is 9.96. The Labute approximate surface area is 173 Å². The molecule has 2 aromatic carbocycles. The summed E-state index contributed by atoms with van der Waals surface area (Å²) in [6, 6.07) is 16.2. The Kier molecular flexibility index (Phi) is 7.28. The second-order valence-corrected chi connectivity index (χ2v) is 7.74. The second-order valence-electron chi connectivity index (χ2n) is 7.74. The van der Waals surface area contributed by atoms with Gasteiger partial charge in [-0.05, 0) is 49.4 Å². The maximum absolute atomic E-state index is 12.6. The molecule has 0 radical (unpaired) electrons. The Morgan fingerprint density at radius 2 is 1.97 bits per heavy atom. The first kappa shape index (κ1) is 20.9. The molecule has 3 rings (SSSR count). The number of rotatable bonds is 8. The molecular weight excluding hydrogens is 364 g/mol. The number of carbonyl (C=O) groups excluding carboxylic acids is 2. The van der Waals surface area contributed by atoms with E-state index in [1.807, 2.05) is 24.3 Å². The summed E-state index contributed by atoms with van der Waals surface area (Å²) in [5.41, 5.74) is 3.56. The number of amides is 2. The predicted molar refractivity (Wildman–Crippen MR) is 114 cm³/mol. The summed E-state index contributed by atoms with van der Waals surface area (Å²) in [6.07, 6.45) is 2.91. The van der Waals surface area contributed by atoms with E-state index in [0.717, 1.165) is 24.2 Å². The fourth-order valence-electron chi connectivity index (χ4n) is 3.68. The van der Waals surface area contributed by atoms with Crippen molar-refractivity contribution in [2.75, 3.05) is 20.2 Å². The van der Waals surface area contributed by atoms with Gasteiger partial charge >= 0.3 is 0 Å². The number of likely N-dealkylation sites (tertiary alicyclic amines) is 1. The molecule has 5 heteroatoms. The summed E-state index contributed by atoms with van der Waals surface area (Å²) in [6.45, 7) is 3.72. The number of benzene rings is 2. The normalized spacial score (nSPS) is 16.6. The molecule has 1 atom stereocenters. The van der Waals surface area contributed by atoms with Crippen LogP contribution in [0.2, 0.25) is 0 Å². The Balaban J connectivity index is 1.46. The summed E-state index contributed by atoms with van der Waals surface area (Å²) < 4.78 is 5.26. The number of ether oxygens (including phenoxy) is 1. The van der Waals surface area contributed by atoms with Crippen LogP contribution in [0, 0.1) is 12.8 Å². The van der Waals surface area contributed by atoms with E-state index in [-0.39, 0.29) is 17.7 Å². The highest BCUT2D eigenvalue weighted by Gasteiger charge is 2.30. The van der Waals surface area contributed by atoms with Crippen LogP contribution in [0.3, 0.4) is 0 Å². The lowest BCUT2D eigenvalue weighted by Crippen LogP contribution is -2.45. The summed E-state index contributed by atoms with van der Waals surface area (Å²) >= 11 is 0. The first-order valence-corrected chi connectivity index (χ1v) is 10.3. The molecule has 0 unspecified atom stereocenters. The largest absolute Gasteiger partial charge is 0.497 e. The van der Waals surface area contributed by atoms with Gasteiger partial charge in [-0.1, -0.05) is 42.0 Å². The number of carbonyl (C=O) groups is 2. The Morgan fingerprint density at radius 3 is 2.72 bits per heavy atom. The van der Waals surface area contributed by atoms with Gasteiger partial charge in [-0.2, -0.15) is 0 Å². The molecule has 1 N–H and O–H groups in total. The fraction of sp³-hybridized carbons (Fsp3) is 0.417. The predicted octanol–water partition coefficient (Wildman–Crippen LogP) is 3.49. The van der Waals surface area contributed by atoms with E-state index in [2.05, 4.69) is 36.5 Å². The molecule has 5 nitrogen and oxygen atoms in total. The van der Waals surface area contributed by atoms with Crippen molar-refractivity contribution in [1.29, 1.82) is 0 Å². The smallest absolute Gasteiger partial charge is 0.224 e. The van der Waals surface area contributed by atoms with E-state index < -0.39 is 0 Å². The average Bonchev–Trinajstić information content (AvgIpc) is 2.74. The minimum Gasteiger partial charge on any atom is -0.497 e. The lowest BCUT2D eigenvalue weighted by Gasteiger charge is -2.32. The number of hydrogen-bond acceptors (Lipinski definition) is 3. The van der Waals surface area contributed by atoms with Crippen molar-refractivity contribution in [2.45, 2.75) is 39.2 Å². The van der Waals surface area contributed by atoms with Crippen LogP contribution in [0.4, 0.5) is 0 Å². The van der Waals surface area contributed by atoms with E-state index in [0.29, 0.717) is 32.5 Å². The van der Waals surface area contributed by atoms with Crippen molar-refractivity contribution in [3.8, 4) is 5.75 Å². The third-order valence-corrected chi connectivity index (χ3v) is 5.44. The Bertz CT molecular complexity index is 832. The lowest BCUT2D eigenvalue weighted by molar-refractivity contribution is -0.138. The molecule has 154 valence electrons. The molecule has 0 aromatic heterocycles. The third-order valence-electron chi connectivity index (χ3n) is 5.44. The first-order valence-electron chi connectivity index (χ1n) is 10.3. The summed E-state index contributed by atoms with van der Waals surface area (Å²) in [4.78, 5) is 26.7. The zero-order chi connectivity index (χ0) is 20.6. The molecule has 0 saturated carbocycles. The fourth-order valence-corrected chi connectivity index (χ4v) is 3.68. The number of methoxy groups -OCH3 is 1. The van der Waals surface area contributed by atoms with Gasteiger partial charge in [-0.15, -0.1) is 0 Å². The quantitative estimate of drug-likeness (QED) is 0.697. The van der Waals surface area contributed by atoms with Crippen molar-refractivity contribution in [1.82, 2.24) is 10.2 Å². The van der Waals surface area contributed by atoms with Crippen molar-refractivity contribution in [3.05, 3.63) is 65.2 Å². The molecule has 0 spiro atoms. The summed E-state index contributed by atoms with van der Waals surface area (Å²) in [7, 11) is 1.63. The molecule has 0 aliphatic carbocycles. The minimum absolute atomic E-state index is 0.0528. The van der Waals surface area contributed by atoms with Crippen molar-refractivity contribution < 1.29 is 14.3 Å². The highest BCUT2D eigenvalue weighted by molar-refractivity contribution is 5.83. The monoisotopic (exact) mass is 394 g/mol. The molecular formula is C24H30N2O3. The van der Waals surface area contributed by atoms with Gasteiger partial charge in [0, 0.05) is 26.1 Å². The summed E-state index contributed by atoms with van der Waals surface area (Å²) in [5.74, 6) is 0.792. The molecule has 1 aliphatic heterocycles. The molecule has 2 amide bonds. The molecule has 1 aliphatic rings. The van der Waals surface area contributed by atoms with Crippen LogP contribution >= 0.6 is 0 Å². The molecule has 1 heterocycles. The molecule has 0 bridgehead atoms. The van der Waals surface area contributed by atoms with E-state index in [9.17, 15) is 9.59 Å². The van der Waals surface area contributed by atoms with Gasteiger partial charge in [-0.25, -0.2) is 0 Å². The SMILES string of the molecule is COc1cccc(CN2C[C@@H](C(=O)NCCCc3ccc(C)cc3)CCC2=O)c1. The minimum atomic E-state index is -0.141. The number of piperidine rings is 1. The topological polar surface area (TPSA) is 58.6 Å². The van der Waals surface area contributed by atoms with E-state index in [4.69, 9.17) is 4.74 Å². The van der Waals surface area contributed by atoms with Crippen molar-refractivity contribution >= 4 is 11.8 Å². The van der Waals surface area contributed by atoms with Gasteiger partial charge in [0.25, 0.3) is 0 Å². The first-order chi connectivity index (χ1) is 14.0. The molecule has 29 heavy (non-hydrogen) atoms. The molecule has 1 saturated heterocycles. The van der Waals surface area contributed by atoms with Gasteiger partial charge in [0.05, 0.1) is 13.0 Å². The second kappa shape index (κ2) is 10.1. The van der Waals surface area contributed by atoms with Crippen LogP contribution in [-0.4, -0.2) is 36.9 Å². The van der Waals surface area contributed by atoms with Gasteiger partial charge in [0.15, 0.2) is 0 Å². The maximum Gasteiger partial charge on any atom is 0.224 e. The Hall–Kier alpha value is -2.82. The van der Waals surface area contributed by atoms with Gasteiger partial charge in [-0.3, -0.25) is 9.59 Å². The number of hydrogen-bond donors (Lipinski definition) is 1. The van der Waals surface area contributed by atoms with Crippen molar-refractivity contribution in [3.63, 3.8) is 0 Å². The van der Waals surface area contributed by atoms with Crippen LogP contribution in [0.25, 0.3) is 0 Å². The third kappa shape index (κ3) is 6.08. The average molecular weight is 395 g/mol. The zero-order valence-corrected chi connectivity index (χ0v) is 17.3. The van der Waals surface area contributed by atoms with Gasteiger partial charge in [0.1, 0.15) is 5.75 Å². The van der Waals surface area contributed by atoms with E-state index in [1.165, 1.54) is 11.1 Å². The maximum atomic E-state index is 12.6. The molecule has 1 fully saturated rings. The van der Waals surface area contributed by atoms with E-state index >= 15 is 0 Å². The highest BCUT2D eigenvalue weighted by Crippen LogP contribution is 2.21. The standard InChI is InChI=1S/C24H30N2O3/c1-18-8-10-19(11-9-18)6-4-14-25-24(28)21-12-13-23(27)26(17-21)16-20-5-3-7-22(15-20)29-2/h3,5,7-11,15,21H,4,6,12-14,16-17H2,1-2H3,(H,25,28)/t21-/m0/s1. The van der Waals surface area contributed by atoms with Crippen LogP contribution < -0.4 is 10.1 Å². The summed E-state index contributed by atoms with van der Waals surface area (Å²) in [5, 5.41) is 3.05. The van der Waals surface area contributed by atoms with Crippen LogP contribution in [0.15, 0.2) is 48.5 Å². The number of aryl methyl sites for hydroxylation is 2. The number of nitrogens with zero attached hydrogens (tertiary/aromatic N) is 1. The van der Waals surface area contributed by atoms with Crippen LogP contribution in [0.1, 0.15) is 36.0 Å². The Morgan fingerprint density at radius 1 is 1.17 bits per heavy atom. The number of nitrogens with one attached hydrogen (secondary N) is 1. The zero-order valence-electron chi connectivity index (χ0n) is 17.3. The van der Waals surface area contributed by atoms with Gasteiger partial charge in [0.2, 0.25) is 11.8 Å². The van der Waals surface area contributed by atoms with E-state index in [1.54, 1.807) is 12.0 Å². The van der Waals surface area contributed by atoms with Crippen molar-refractivity contribution in [2.24, 2.45) is 5.92 Å². The van der Waals surface area contributed by atoms with Crippen LogP contribution in [0.5, 0.6) is 5.75 Å². The highest BCUT2D eigenvalue weighted by atomic mass is 16.5. The van der Waals surface area contributed by atoms with Gasteiger partial charge < -0.3 is 15.0 Å².